The second-order valence-corrected chi connectivity index (χ2v) is 12.5. The van der Waals surface area contributed by atoms with Crippen molar-refractivity contribution in [3.05, 3.63) is 28.8 Å². The number of likely N-dealkylation sites (tertiary alicyclic amines) is 2. The number of halogens is 1. The zero-order valence-electron chi connectivity index (χ0n) is 23.9. The van der Waals surface area contributed by atoms with Gasteiger partial charge in [0.1, 0.15) is 0 Å². The third-order valence-corrected chi connectivity index (χ3v) is 9.22. The van der Waals surface area contributed by atoms with E-state index < -0.39 is 35.8 Å². The molecule has 3 aliphatic heterocycles. The van der Waals surface area contributed by atoms with E-state index in [4.69, 9.17) is 16.3 Å². The summed E-state index contributed by atoms with van der Waals surface area (Å²) in [7, 11) is 0. The molecule has 0 atom stereocenters. The average molecular weight is 623 g/mol. The molecule has 0 aromatic heterocycles. The Hall–Kier alpha value is -2.81. The van der Waals surface area contributed by atoms with Gasteiger partial charge in [0.05, 0.1) is 16.8 Å². The monoisotopic (exact) mass is 622 g/mol. The van der Waals surface area contributed by atoms with Crippen LogP contribution in [0.4, 0.5) is 10.5 Å². The summed E-state index contributed by atoms with van der Waals surface area (Å²) < 4.78 is 5.90. The van der Waals surface area contributed by atoms with Crippen LogP contribution in [0, 0.1) is 11.8 Å². The highest BCUT2D eigenvalue weighted by atomic mass is 35.5. The van der Waals surface area contributed by atoms with Gasteiger partial charge in [0.2, 0.25) is 11.8 Å². The first-order valence-electron chi connectivity index (χ1n) is 14.9. The van der Waals surface area contributed by atoms with Crippen molar-refractivity contribution in [3.8, 4) is 0 Å². The van der Waals surface area contributed by atoms with E-state index in [1.807, 2.05) is 0 Å². The molecule has 43 heavy (non-hydrogen) atoms. The molecule has 1 aliphatic carbocycles. The molecule has 4 aliphatic rings. The maximum Gasteiger partial charge on any atom is 0.328 e. The molecule has 0 unspecified atom stereocenters. The van der Waals surface area contributed by atoms with E-state index in [1.165, 1.54) is 4.90 Å². The first kappa shape index (κ1) is 31.6. The molecule has 4 fully saturated rings. The van der Waals surface area contributed by atoms with Crippen molar-refractivity contribution in [1.29, 1.82) is 0 Å². The maximum absolute atomic E-state index is 13.3. The molecule has 3 saturated heterocycles. The minimum absolute atomic E-state index is 0.0416. The Morgan fingerprint density at radius 1 is 0.953 bits per heavy atom. The summed E-state index contributed by atoms with van der Waals surface area (Å²) in [5, 5.41) is 45.3. The summed E-state index contributed by atoms with van der Waals surface area (Å²) in [6.45, 7) is 1.24. The summed E-state index contributed by atoms with van der Waals surface area (Å²) in [5.74, 6) is -7.24. The van der Waals surface area contributed by atoms with Crippen LogP contribution in [0.1, 0.15) is 74.6 Å². The number of nitrogens with zero attached hydrogens (tertiary/aromatic N) is 3. The van der Waals surface area contributed by atoms with Crippen LogP contribution < -0.4 is 10.2 Å². The Kier molecular flexibility index (Phi) is 9.31. The molecule has 0 bridgehead atoms. The lowest BCUT2D eigenvalue weighted by atomic mass is 9.86. The van der Waals surface area contributed by atoms with Crippen LogP contribution in [0.3, 0.4) is 0 Å². The van der Waals surface area contributed by atoms with Crippen molar-refractivity contribution < 1.29 is 44.3 Å². The molecule has 14 heteroatoms. The van der Waals surface area contributed by atoms with E-state index in [2.05, 4.69) is 5.32 Å². The largest absolute Gasteiger partial charge is 0.377 e. The Balaban J connectivity index is 1.13. The first-order chi connectivity index (χ1) is 20.4. The Morgan fingerprint density at radius 3 is 2.23 bits per heavy atom. The lowest BCUT2D eigenvalue weighted by Crippen LogP contribution is -2.70. The molecular formula is C29H39ClN4O9. The number of carbonyl (C=O) groups is 4. The second kappa shape index (κ2) is 12.7. The van der Waals surface area contributed by atoms with Gasteiger partial charge in [0.15, 0.2) is 0 Å². The van der Waals surface area contributed by atoms with E-state index in [-0.39, 0.29) is 55.2 Å². The van der Waals surface area contributed by atoms with Crippen LogP contribution in [0.2, 0.25) is 5.02 Å². The molecule has 5 N–H and O–H groups in total. The van der Waals surface area contributed by atoms with Gasteiger partial charge in [-0.2, -0.15) is 0 Å². The standard InChI is InChI=1S/C29H39ClN4O9/c30-22-7-6-20(14-23(22)33-13-10-24(35)31-27(33)38)25(36)32-11-8-18(9-12-32)17-43-21-15-28(39,40)34(29(41,42)16-21)26(37)19-4-2-1-3-5-19/h6-7,14,18-19,21,39-42H,1-5,8-13,15-17H2,(H,31,35,38). The number of imide groups is 1. The van der Waals surface area contributed by atoms with E-state index in [9.17, 15) is 39.6 Å². The molecule has 1 saturated carbocycles. The SMILES string of the molecule is O=C1CCN(c2cc(C(=O)N3CCC(COC4CC(O)(O)N(C(=O)C5CCCCC5)C(O)(O)C4)CC3)ccc2Cl)C(=O)N1. The highest BCUT2D eigenvalue weighted by Crippen LogP contribution is 2.38. The Labute approximate surface area is 254 Å². The minimum Gasteiger partial charge on any atom is -0.377 e. The fourth-order valence-corrected chi connectivity index (χ4v) is 6.78. The van der Waals surface area contributed by atoms with Gasteiger partial charge in [-0.25, -0.2) is 9.69 Å². The molecule has 1 aromatic carbocycles. The van der Waals surface area contributed by atoms with E-state index in [0.717, 1.165) is 19.3 Å². The lowest BCUT2D eigenvalue weighted by Gasteiger charge is -2.50. The highest BCUT2D eigenvalue weighted by molar-refractivity contribution is 6.34. The molecule has 0 radical (unpaired) electrons. The number of aliphatic hydroxyl groups is 4. The molecule has 5 rings (SSSR count). The van der Waals surface area contributed by atoms with E-state index in [1.54, 1.807) is 23.1 Å². The van der Waals surface area contributed by atoms with Crippen LogP contribution >= 0.6 is 11.6 Å². The van der Waals surface area contributed by atoms with Crippen molar-refractivity contribution in [2.75, 3.05) is 31.1 Å². The van der Waals surface area contributed by atoms with Gasteiger partial charge in [-0.05, 0) is 49.8 Å². The predicted octanol–water partition coefficient (Wildman–Crippen LogP) is 1.50. The number of piperidine rings is 2. The summed E-state index contributed by atoms with van der Waals surface area (Å²) in [6, 6.07) is 4.09. The lowest BCUT2D eigenvalue weighted by molar-refractivity contribution is -0.403. The molecule has 0 spiro atoms. The normalized spacial score (nSPS) is 23.8. The van der Waals surface area contributed by atoms with Gasteiger partial charge in [0, 0.05) is 57.0 Å². The number of ether oxygens (including phenoxy) is 1. The van der Waals surface area contributed by atoms with Crippen molar-refractivity contribution in [1.82, 2.24) is 15.1 Å². The topological polar surface area (TPSA) is 180 Å². The molecule has 1 aromatic rings. The molecule has 236 valence electrons. The van der Waals surface area contributed by atoms with Gasteiger partial charge >= 0.3 is 6.03 Å². The van der Waals surface area contributed by atoms with Crippen LogP contribution in [-0.4, -0.2) is 98.1 Å². The van der Waals surface area contributed by atoms with Crippen LogP contribution in [-0.2, 0) is 14.3 Å². The number of carbonyl (C=O) groups excluding carboxylic acids is 4. The Bertz CT molecular complexity index is 1230. The summed E-state index contributed by atoms with van der Waals surface area (Å²) in [5.41, 5.74) is 0.706. The number of benzene rings is 1. The van der Waals surface area contributed by atoms with Crippen molar-refractivity contribution >= 4 is 41.0 Å². The fraction of sp³-hybridized carbons (Fsp3) is 0.655. The minimum atomic E-state index is -2.77. The smallest absolute Gasteiger partial charge is 0.328 e. The first-order valence-corrected chi connectivity index (χ1v) is 15.3. The quantitative estimate of drug-likeness (QED) is 0.294. The van der Waals surface area contributed by atoms with Gasteiger partial charge in [0.25, 0.3) is 17.7 Å². The van der Waals surface area contributed by atoms with Gasteiger partial charge in [-0.1, -0.05) is 30.9 Å². The zero-order chi connectivity index (χ0) is 30.9. The van der Waals surface area contributed by atoms with Gasteiger partial charge < -0.3 is 30.1 Å². The summed E-state index contributed by atoms with van der Waals surface area (Å²) in [4.78, 5) is 53.5. The van der Waals surface area contributed by atoms with Crippen molar-refractivity contribution in [3.63, 3.8) is 0 Å². The highest BCUT2D eigenvalue weighted by Gasteiger charge is 2.56. The molecular weight excluding hydrogens is 584 g/mol. The maximum atomic E-state index is 13.3. The van der Waals surface area contributed by atoms with E-state index in [0.29, 0.717) is 54.9 Å². The summed E-state index contributed by atoms with van der Waals surface area (Å²) >= 11 is 6.31. The second-order valence-electron chi connectivity index (χ2n) is 12.1. The van der Waals surface area contributed by atoms with Gasteiger partial charge in [-0.15, -0.1) is 0 Å². The number of nitrogens with one attached hydrogen (secondary N) is 1. The van der Waals surface area contributed by atoms with Crippen molar-refractivity contribution in [2.45, 2.75) is 82.1 Å². The van der Waals surface area contributed by atoms with Gasteiger partial charge in [-0.3, -0.25) is 24.6 Å². The average Bonchev–Trinajstić information content (AvgIpc) is 2.96. The third-order valence-electron chi connectivity index (χ3n) is 8.90. The number of hydrogen-bond acceptors (Lipinski definition) is 9. The number of anilines is 1. The third kappa shape index (κ3) is 6.97. The summed E-state index contributed by atoms with van der Waals surface area (Å²) in [6.07, 6.45) is 3.46. The predicted molar refractivity (Wildman–Crippen MR) is 152 cm³/mol. The number of urea groups is 1. The number of amides is 5. The molecule has 13 nitrogen and oxygen atoms in total. The van der Waals surface area contributed by atoms with Crippen molar-refractivity contribution in [2.24, 2.45) is 11.8 Å². The molecule has 5 amide bonds. The van der Waals surface area contributed by atoms with Crippen LogP contribution in [0.5, 0.6) is 0 Å². The number of hydrogen-bond donors (Lipinski definition) is 5. The Morgan fingerprint density at radius 2 is 1.60 bits per heavy atom. The number of rotatable bonds is 6. The fourth-order valence-electron chi connectivity index (χ4n) is 6.56. The van der Waals surface area contributed by atoms with Crippen LogP contribution in [0.25, 0.3) is 0 Å². The van der Waals surface area contributed by atoms with E-state index >= 15 is 0 Å². The zero-order valence-corrected chi connectivity index (χ0v) is 24.7. The van der Waals surface area contributed by atoms with Crippen LogP contribution in [0.15, 0.2) is 18.2 Å². The molecule has 3 heterocycles.